The van der Waals surface area contributed by atoms with Crippen molar-refractivity contribution in [2.75, 3.05) is 52.9 Å². The van der Waals surface area contributed by atoms with E-state index in [9.17, 15) is 0 Å². The molecule has 0 aromatic rings. The van der Waals surface area contributed by atoms with Crippen LogP contribution in [0.2, 0.25) is 0 Å². The van der Waals surface area contributed by atoms with Crippen LogP contribution in [0.25, 0.3) is 0 Å². The molecule has 0 amide bonds. The van der Waals surface area contributed by atoms with E-state index in [1.807, 2.05) is 0 Å². The Morgan fingerprint density at radius 1 is 1.06 bits per heavy atom. The van der Waals surface area contributed by atoms with Crippen LogP contribution in [0.4, 0.5) is 0 Å². The molecule has 0 aromatic heterocycles. The highest BCUT2D eigenvalue weighted by Gasteiger charge is 2.16. The van der Waals surface area contributed by atoms with Gasteiger partial charge in [-0.1, -0.05) is 0 Å². The average molecular weight is 225 g/mol. The van der Waals surface area contributed by atoms with Gasteiger partial charge in [-0.2, -0.15) is 0 Å². The standard InChI is InChI=1S/C13H27N3/c1-15-9-4-13(5-10-15)3-2-8-16-11-6-14-7-12-16/h13-14H,2-12H2,1H3. The second-order valence-corrected chi connectivity index (χ2v) is 5.48. The van der Waals surface area contributed by atoms with Crippen LogP contribution in [0.5, 0.6) is 0 Å². The summed E-state index contributed by atoms with van der Waals surface area (Å²) in [6.45, 7) is 8.86. The summed E-state index contributed by atoms with van der Waals surface area (Å²) in [6, 6.07) is 0. The zero-order chi connectivity index (χ0) is 11.2. The van der Waals surface area contributed by atoms with Crippen LogP contribution in [0.3, 0.4) is 0 Å². The van der Waals surface area contributed by atoms with Gasteiger partial charge < -0.3 is 15.1 Å². The third-order valence-corrected chi connectivity index (χ3v) is 4.13. The lowest BCUT2D eigenvalue weighted by Gasteiger charge is -2.30. The van der Waals surface area contributed by atoms with E-state index in [1.54, 1.807) is 0 Å². The molecule has 0 spiro atoms. The molecular weight excluding hydrogens is 198 g/mol. The van der Waals surface area contributed by atoms with Gasteiger partial charge in [0.2, 0.25) is 0 Å². The van der Waals surface area contributed by atoms with Gasteiger partial charge in [-0.15, -0.1) is 0 Å². The molecule has 0 bridgehead atoms. The third-order valence-electron chi connectivity index (χ3n) is 4.13. The van der Waals surface area contributed by atoms with E-state index in [2.05, 4.69) is 22.2 Å². The molecule has 2 saturated heterocycles. The van der Waals surface area contributed by atoms with Gasteiger partial charge in [0.05, 0.1) is 0 Å². The summed E-state index contributed by atoms with van der Waals surface area (Å²) in [6.07, 6.45) is 5.72. The largest absolute Gasteiger partial charge is 0.314 e. The summed E-state index contributed by atoms with van der Waals surface area (Å²) in [4.78, 5) is 5.08. The van der Waals surface area contributed by atoms with Crippen molar-refractivity contribution in [1.29, 1.82) is 0 Å². The number of hydrogen-bond donors (Lipinski definition) is 1. The molecule has 3 nitrogen and oxygen atoms in total. The summed E-state index contributed by atoms with van der Waals surface area (Å²) in [5, 5.41) is 3.41. The molecule has 2 heterocycles. The average Bonchev–Trinajstić information content (AvgIpc) is 2.33. The molecule has 0 radical (unpaired) electrons. The Morgan fingerprint density at radius 2 is 1.75 bits per heavy atom. The summed E-state index contributed by atoms with van der Waals surface area (Å²) >= 11 is 0. The number of rotatable bonds is 4. The van der Waals surface area contributed by atoms with Crippen molar-refractivity contribution < 1.29 is 0 Å². The quantitative estimate of drug-likeness (QED) is 0.770. The number of nitrogens with one attached hydrogen (secondary N) is 1. The Labute approximate surface area is 100 Å². The van der Waals surface area contributed by atoms with E-state index >= 15 is 0 Å². The molecule has 3 heteroatoms. The lowest BCUT2D eigenvalue weighted by Crippen LogP contribution is -2.43. The van der Waals surface area contributed by atoms with Gasteiger partial charge in [0.15, 0.2) is 0 Å². The SMILES string of the molecule is CN1CCC(CCCN2CCNCC2)CC1. The summed E-state index contributed by atoms with van der Waals surface area (Å²) < 4.78 is 0. The second-order valence-electron chi connectivity index (χ2n) is 5.48. The van der Waals surface area contributed by atoms with E-state index in [0.717, 1.165) is 5.92 Å². The molecule has 0 atom stereocenters. The van der Waals surface area contributed by atoms with Crippen molar-refractivity contribution in [2.24, 2.45) is 5.92 Å². The van der Waals surface area contributed by atoms with Crippen LogP contribution in [0.15, 0.2) is 0 Å². The first kappa shape index (κ1) is 12.3. The first-order chi connectivity index (χ1) is 7.84. The van der Waals surface area contributed by atoms with Gasteiger partial charge in [-0.25, -0.2) is 0 Å². The first-order valence-electron chi connectivity index (χ1n) is 6.96. The zero-order valence-corrected chi connectivity index (χ0v) is 10.7. The van der Waals surface area contributed by atoms with Gasteiger partial charge >= 0.3 is 0 Å². The molecule has 1 N–H and O–H groups in total. The van der Waals surface area contributed by atoms with Crippen LogP contribution < -0.4 is 5.32 Å². The Kier molecular flexibility index (Phi) is 5.07. The molecule has 2 rings (SSSR count). The Morgan fingerprint density at radius 3 is 2.44 bits per heavy atom. The van der Waals surface area contributed by atoms with Crippen LogP contribution in [0.1, 0.15) is 25.7 Å². The third kappa shape index (κ3) is 4.04. The lowest BCUT2D eigenvalue weighted by molar-refractivity contribution is 0.193. The fourth-order valence-corrected chi connectivity index (χ4v) is 2.89. The minimum atomic E-state index is 1.01. The number of piperazine rings is 1. The maximum atomic E-state index is 3.41. The van der Waals surface area contributed by atoms with Gasteiger partial charge in [0.25, 0.3) is 0 Å². The summed E-state index contributed by atoms with van der Waals surface area (Å²) in [5.41, 5.74) is 0. The summed E-state index contributed by atoms with van der Waals surface area (Å²) in [5.74, 6) is 1.01. The van der Waals surface area contributed by atoms with Gasteiger partial charge in [0, 0.05) is 26.2 Å². The predicted octanol–water partition coefficient (Wildman–Crippen LogP) is 1.01. The highest BCUT2D eigenvalue weighted by atomic mass is 15.2. The van der Waals surface area contributed by atoms with E-state index < -0.39 is 0 Å². The topological polar surface area (TPSA) is 18.5 Å². The van der Waals surface area contributed by atoms with Crippen LogP contribution in [-0.2, 0) is 0 Å². The minimum Gasteiger partial charge on any atom is -0.314 e. The van der Waals surface area contributed by atoms with Crippen molar-refractivity contribution in [1.82, 2.24) is 15.1 Å². The van der Waals surface area contributed by atoms with Crippen molar-refractivity contribution in [3.05, 3.63) is 0 Å². The monoisotopic (exact) mass is 225 g/mol. The number of likely N-dealkylation sites (tertiary alicyclic amines) is 1. The van der Waals surface area contributed by atoms with Crippen molar-refractivity contribution in [3.63, 3.8) is 0 Å². The maximum Gasteiger partial charge on any atom is 0.0107 e. The molecule has 0 aromatic carbocycles. The molecule has 0 unspecified atom stereocenters. The minimum absolute atomic E-state index is 1.01. The Bertz CT molecular complexity index is 182. The van der Waals surface area contributed by atoms with Crippen LogP contribution in [0, 0.1) is 5.92 Å². The zero-order valence-electron chi connectivity index (χ0n) is 10.7. The highest BCUT2D eigenvalue weighted by Crippen LogP contribution is 2.20. The smallest absolute Gasteiger partial charge is 0.0107 e. The molecule has 2 aliphatic rings. The molecule has 94 valence electrons. The molecule has 0 aliphatic carbocycles. The fourth-order valence-electron chi connectivity index (χ4n) is 2.89. The van der Waals surface area contributed by atoms with E-state index in [0.29, 0.717) is 0 Å². The van der Waals surface area contributed by atoms with Crippen LogP contribution in [-0.4, -0.2) is 62.7 Å². The highest BCUT2D eigenvalue weighted by molar-refractivity contribution is 4.72. The Balaban J connectivity index is 1.53. The number of piperidine rings is 1. The second kappa shape index (κ2) is 6.58. The van der Waals surface area contributed by atoms with Crippen molar-refractivity contribution in [3.8, 4) is 0 Å². The first-order valence-corrected chi connectivity index (χ1v) is 6.96. The molecule has 0 saturated carbocycles. The molecule has 16 heavy (non-hydrogen) atoms. The molecule has 2 aliphatic heterocycles. The number of nitrogens with zero attached hydrogens (tertiary/aromatic N) is 2. The molecule has 2 fully saturated rings. The fraction of sp³-hybridized carbons (Fsp3) is 1.00. The van der Waals surface area contributed by atoms with Gasteiger partial charge in [-0.3, -0.25) is 0 Å². The number of hydrogen-bond acceptors (Lipinski definition) is 3. The maximum absolute atomic E-state index is 3.41. The predicted molar refractivity (Wildman–Crippen MR) is 68.8 cm³/mol. The van der Waals surface area contributed by atoms with Crippen molar-refractivity contribution in [2.45, 2.75) is 25.7 Å². The lowest BCUT2D eigenvalue weighted by atomic mass is 9.92. The van der Waals surface area contributed by atoms with E-state index in [-0.39, 0.29) is 0 Å². The summed E-state index contributed by atoms with van der Waals surface area (Å²) in [7, 11) is 2.25. The van der Waals surface area contributed by atoms with Crippen molar-refractivity contribution >= 4 is 0 Å². The van der Waals surface area contributed by atoms with E-state index in [1.165, 1.54) is 71.5 Å². The Hall–Kier alpha value is -0.120. The van der Waals surface area contributed by atoms with E-state index in [4.69, 9.17) is 0 Å². The molecular formula is C13H27N3. The van der Waals surface area contributed by atoms with Crippen LogP contribution >= 0.6 is 0 Å². The van der Waals surface area contributed by atoms with Gasteiger partial charge in [-0.05, 0) is 58.3 Å². The van der Waals surface area contributed by atoms with Gasteiger partial charge in [0.1, 0.15) is 0 Å². The normalized spacial score (nSPS) is 26.1.